The zero-order chi connectivity index (χ0) is 15.6. The van der Waals surface area contributed by atoms with Gasteiger partial charge in [0, 0.05) is 10.5 Å². The zero-order valence-corrected chi connectivity index (χ0v) is 14.7. The molecule has 0 aliphatic heterocycles. The molecule has 0 saturated heterocycles. The van der Waals surface area contributed by atoms with Gasteiger partial charge in [-0.3, -0.25) is 0 Å². The van der Waals surface area contributed by atoms with Crippen LogP contribution in [0, 0.1) is 17.7 Å². The maximum atomic E-state index is 13.1. The van der Waals surface area contributed by atoms with Crippen LogP contribution in [0.3, 0.4) is 0 Å². The van der Waals surface area contributed by atoms with Gasteiger partial charge in [-0.25, -0.2) is 17.5 Å². The first-order valence-corrected chi connectivity index (χ1v) is 9.56. The first-order chi connectivity index (χ1) is 9.81. The quantitative estimate of drug-likeness (QED) is 0.858. The molecule has 0 amide bonds. The van der Waals surface area contributed by atoms with Crippen LogP contribution >= 0.6 is 15.9 Å². The van der Waals surface area contributed by atoms with Crippen molar-refractivity contribution in [2.24, 2.45) is 11.8 Å². The average molecular weight is 378 g/mol. The van der Waals surface area contributed by atoms with E-state index in [-0.39, 0.29) is 15.4 Å². The molecule has 1 saturated carbocycles. The predicted octanol–water partition coefficient (Wildman–Crippen LogP) is 4.08. The van der Waals surface area contributed by atoms with Gasteiger partial charge < -0.3 is 0 Å². The van der Waals surface area contributed by atoms with E-state index in [1.807, 2.05) is 0 Å². The van der Waals surface area contributed by atoms with E-state index in [1.165, 1.54) is 18.2 Å². The molecule has 1 fully saturated rings. The highest BCUT2D eigenvalue weighted by atomic mass is 79.9. The molecule has 21 heavy (non-hydrogen) atoms. The van der Waals surface area contributed by atoms with Crippen LogP contribution in [0.5, 0.6) is 0 Å². The summed E-state index contributed by atoms with van der Waals surface area (Å²) in [5.41, 5.74) is 0. The van der Waals surface area contributed by atoms with Gasteiger partial charge in [0.25, 0.3) is 0 Å². The molecular formula is C15H21BrFNO2S. The highest BCUT2D eigenvalue weighted by Crippen LogP contribution is 2.32. The van der Waals surface area contributed by atoms with Crippen molar-refractivity contribution in [3.63, 3.8) is 0 Å². The first kappa shape index (κ1) is 16.9. The zero-order valence-electron chi connectivity index (χ0n) is 12.3. The van der Waals surface area contributed by atoms with Crippen LogP contribution in [-0.2, 0) is 10.0 Å². The number of hydrogen-bond acceptors (Lipinski definition) is 2. The second-order valence-corrected chi connectivity index (χ2v) is 8.53. The molecule has 118 valence electrons. The molecule has 2 rings (SSSR count). The standard InChI is InChI=1S/C15H21BrFNO2S/c1-10(2)12-5-3-4-6-14(12)18-21(19,20)15-8-7-11(17)9-13(15)16/h7-10,12,14,18H,3-6H2,1-2H3. The van der Waals surface area contributed by atoms with E-state index >= 15 is 0 Å². The molecule has 3 nitrogen and oxygen atoms in total. The Kier molecular flexibility index (Phi) is 5.43. The van der Waals surface area contributed by atoms with Gasteiger partial charge in [-0.2, -0.15) is 0 Å². The summed E-state index contributed by atoms with van der Waals surface area (Å²) in [4.78, 5) is 0.0944. The maximum absolute atomic E-state index is 13.1. The molecule has 0 heterocycles. The average Bonchev–Trinajstić information content (AvgIpc) is 2.37. The van der Waals surface area contributed by atoms with Gasteiger partial charge in [-0.15, -0.1) is 0 Å². The summed E-state index contributed by atoms with van der Waals surface area (Å²) in [6.45, 7) is 4.26. The number of rotatable bonds is 4. The SMILES string of the molecule is CC(C)C1CCCCC1NS(=O)(=O)c1ccc(F)cc1Br. The summed E-state index contributed by atoms with van der Waals surface area (Å²) in [6.07, 6.45) is 4.11. The van der Waals surface area contributed by atoms with Crippen molar-refractivity contribution < 1.29 is 12.8 Å². The van der Waals surface area contributed by atoms with Crippen LogP contribution in [0.1, 0.15) is 39.5 Å². The van der Waals surface area contributed by atoms with Gasteiger partial charge in [-0.1, -0.05) is 26.7 Å². The highest BCUT2D eigenvalue weighted by molar-refractivity contribution is 9.10. The lowest BCUT2D eigenvalue weighted by molar-refractivity contribution is 0.226. The summed E-state index contributed by atoms with van der Waals surface area (Å²) in [5.74, 6) is 0.334. The minimum atomic E-state index is -3.64. The van der Waals surface area contributed by atoms with Crippen LogP contribution < -0.4 is 4.72 Å². The minimum absolute atomic E-state index is 0.0410. The number of hydrogen-bond donors (Lipinski definition) is 1. The summed E-state index contributed by atoms with van der Waals surface area (Å²) >= 11 is 3.13. The largest absolute Gasteiger partial charge is 0.241 e. The lowest BCUT2D eigenvalue weighted by Gasteiger charge is -2.34. The van der Waals surface area contributed by atoms with Crippen LogP contribution in [-0.4, -0.2) is 14.5 Å². The third-order valence-electron chi connectivity index (χ3n) is 4.17. The van der Waals surface area contributed by atoms with Crippen molar-refractivity contribution in [3.05, 3.63) is 28.5 Å². The Bertz CT molecular complexity index is 604. The smallest absolute Gasteiger partial charge is 0.208 e. The summed E-state index contributed by atoms with van der Waals surface area (Å²) < 4.78 is 41.3. The molecule has 2 unspecified atom stereocenters. The Morgan fingerprint density at radius 1 is 1.29 bits per heavy atom. The lowest BCUT2D eigenvalue weighted by atomic mass is 9.78. The van der Waals surface area contributed by atoms with E-state index in [0.29, 0.717) is 11.8 Å². The fraction of sp³-hybridized carbons (Fsp3) is 0.600. The second kappa shape index (κ2) is 6.75. The van der Waals surface area contributed by atoms with E-state index in [9.17, 15) is 12.8 Å². The number of nitrogens with one attached hydrogen (secondary N) is 1. The van der Waals surface area contributed by atoms with E-state index in [1.54, 1.807) is 0 Å². The van der Waals surface area contributed by atoms with Gasteiger partial charge >= 0.3 is 0 Å². The molecule has 1 aromatic carbocycles. The molecule has 2 atom stereocenters. The van der Waals surface area contributed by atoms with Gasteiger partial charge in [-0.05, 0) is 58.8 Å². The van der Waals surface area contributed by atoms with Crippen molar-refractivity contribution in [3.8, 4) is 0 Å². The number of halogens is 2. The molecule has 1 aromatic rings. The Morgan fingerprint density at radius 2 is 1.95 bits per heavy atom. The minimum Gasteiger partial charge on any atom is -0.208 e. The van der Waals surface area contributed by atoms with Gasteiger partial charge in [0.2, 0.25) is 10.0 Å². The van der Waals surface area contributed by atoms with Crippen molar-refractivity contribution in [1.29, 1.82) is 0 Å². The molecule has 1 N–H and O–H groups in total. The van der Waals surface area contributed by atoms with Crippen molar-refractivity contribution in [2.45, 2.75) is 50.5 Å². The highest BCUT2D eigenvalue weighted by Gasteiger charge is 2.31. The van der Waals surface area contributed by atoms with Gasteiger partial charge in [0.05, 0.1) is 4.90 Å². The molecular weight excluding hydrogens is 357 g/mol. The van der Waals surface area contributed by atoms with E-state index in [4.69, 9.17) is 0 Å². The van der Waals surface area contributed by atoms with Crippen molar-refractivity contribution in [2.75, 3.05) is 0 Å². The molecule has 1 aliphatic carbocycles. The second-order valence-electron chi connectivity index (χ2n) is 5.99. The van der Waals surface area contributed by atoms with E-state index in [2.05, 4.69) is 34.5 Å². The van der Waals surface area contributed by atoms with Crippen molar-refractivity contribution >= 4 is 26.0 Å². The number of benzene rings is 1. The topological polar surface area (TPSA) is 46.2 Å². The molecule has 0 spiro atoms. The van der Waals surface area contributed by atoms with Crippen LogP contribution in [0.2, 0.25) is 0 Å². The maximum Gasteiger partial charge on any atom is 0.241 e. The van der Waals surface area contributed by atoms with Crippen LogP contribution in [0.15, 0.2) is 27.6 Å². The summed E-state index contributed by atoms with van der Waals surface area (Å²) in [5, 5.41) is 0. The predicted molar refractivity (Wildman–Crippen MR) is 85.0 cm³/mol. The molecule has 6 heteroatoms. The summed E-state index contributed by atoms with van der Waals surface area (Å²) in [7, 11) is -3.64. The molecule has 1 aliphatic rings. The molecule has 0 radical (unpaired) electrons. The number of sulfonamides is 1. The van der Waals surface area contributed by atoms with Gasteiger partial charge in [0.15, 0.2) is 0 Å². The molecule has 0 aromatic heterocycles. The van der Waals surface area contributed by atoms with E-state index in [0.717, 1.165) is 25.7 Å². The summed E-state index contributed by atoms with van der Waals surface area (Å²) in [6, 6.07) is 3.60. The Labute approximate surface area is 134 Å². The Hall–Kier alpha value is -0.460. The van der Waals surface area contributed by atoms with Crippen LogP contribution in [0.25, 0.3) is 0 Å². The van der Waals surface area contributed by atoms with Crippen molar-refractivity contribution in [1.82, 2.24) is 4.72 Å². The van der Waals surface area contributed by atoms with E-state index < -0.39 is 15.8 Å². The van der Waals surface area contributed by atoms with Gasteiger partial charge in [0.1, 0.15) is 5.82 Å². The Morgan fingerprint density at radius 3 is 2.57 bits per heavy atom. The molecule has 0 bridgehead atoms. The fourth-order valence-electron chi connectivity index (χ4n) is 3.06. The normalized spacial score (nSPS) is 23.5. The monoisotopic (exact) mass is 377 g/mol. The van der Waals surface area contributed by atoms with Crippen LogP contribution in [0.4, 0.5) is 4.39 Å². The lowest BCUT2D eigenvalue weighted by Crippen LogP contribution is -2.43. The fourth-order valence-corrected chi connectivity index (χ4v) is 5.43. The third kappa shape index (κ3) is 4.05. The third-order valence-corrected chi connectivity index (χ3v) is 6.63. The first-order valence-electron chi connectivity index (χ1n) is 7.28. The Balaban J connectivity index is 2.23.